The minimum Gasteiger partial charge on any atom is -0.465 e. The Morgan fingerprint density at radius 3 is 2.57 bits per heavy atom. The van der Waals surface area contributed by atoms with Crippen LogP contribution in [0.25, 0.3) is 23.2 Å². The Labute approximate surface area is 159 Å². The van der Waals surface area contributed by atoms with Gasteiger partial charge in [0, 0.05) is 11.6 Å². The average molecular weight is 375 g/mol. The predicted octanol–water partition coefficient (Wildman–Crippen LogP) is 3.71. The number of carbonyl (C=O) groups excluding carboxylic acids is 1. The highest BCUT2D eigenvalue weighted by molar-refractivity contribution is 6.24. The van der Waals surface area contributed by atoms with Crippen molar-refractivity contribution < 1.29 is 13.6 Å². The van der Waals surface area contributed by atoms with Crippen LogP contribution in [0.15, 0.2) is 77.4 Å². The van der Waals surface area contributed by atoms with E-state index in [1.165, 1.54) is 29.2 Å². The normalized spacial score (nSPS) is 11.4. The third-order valence-corrected chi connectivity index (χ3v) is 3.91. The number of nitrogens with zero attached hydrogens (tertiary/aromatic N) is 4. The standard InChI is InChI=1S/C20H14FN5O2/c21-16-10-4-5-11-17(16)22-20(27)18(13-15-9-6-12-28-15)26-19(23-24-25-26)14-7-2-1-3-8-14/h1-13H,(H,22,27). The lowest BCUT2D eigenvalue weighted by Crippen LogP contribution is -2.20. The summed E-state index contributed by atoms with van der Waals surface area (Å²) in [6, 6.07) is 18.4. The molecule has 7 nitrogen and oxygen atoms in total. The molecule has 8 heteroatoms. The summed E-state index contributed by atoms with van der Waals surface area (Å²) in [5.41, 5.74) is 0.839. The first-order valence-electron chi connectivity index (χ1n) is 8.37. The van der Waals surface area contributed by atoms with Gasteiger partial charge in [-0.1, -0.05) is 42.5 Å². The fourth-order valence-corrected chi connectivity index (χ4v) is 2.60. The van der Waals surface area contributed by atoms with Gasteiger partial charge in [0.15, 0.2) is 5.82 Å². The van der Waals surface area contributed by atoms with Crippen LogP contribution in [-0.4, -0.2) is 26.1 Å². The van der Waals surface area contributed by atoms with Crippen molar-refractivity contribution in [1.29, 1.82) is 0 Å². The van der Waals surface area contributed by atoms with Crippen molar-refractivity contribution >= 4 is 23.4 Å². The van der Waals surface area contributed by atoms with E-state index in [0.717, 1.165) is 5.56 Å². The molecule has 0 aliphatic rings. The number of carbonyl (C=O) groups is 1. The molecule has 138 valence electrons. The van der Waals surface area contributed by atoms with Crippen molar-refractivity contribution in [3.8, 4) is 11.4 Å². The van der Waals surface area contributed by atoms with E-state index in [2.05, 4.69) is 20.8 Å². The van der Waals surface area contributed by atoms with Gasteiger partial charge in [-0.2, -0.15) is 4.68 Å². The van der Waals surface area contributed by atoms with Gasteiger partial charge in [-0.05, 0) is 34.7 Å². The Balaban J connectivity index is 1.77. The highest BCUT2D eigenvalue weighted by atomic mass is 19.1. The van der Waals surface area contributed by atoms with Gasteiger partial charge >= 0.3 is 0 Å². The molecule has 0 aliphatic carbocycles. The topological polar surface area (TPSA) is 85.8 Å². The number of nitrogens with one attached hydrogen (secondary N) is 1. The quantitative estimate of drug-likeness (QED) is 0.538. The number of halogens is 1. The second kappa shape index (κ2) is 7.67. The summed E-state index contributed by atoms with van der Waals surface area (Å²) >= 11 is 0. The van der Waals surface area contributed by atoms with E-state index in [1.807, 2.05) is 30.3 Å². The van der Waals surface area contributed by atoms with Gasteiger partial charge in [-0.15, -0.1) is 5.10 Å². The molecule has 0 fully saturated rings. The van der Waals surface area contributed by atoms with Crippen molar-refractivity contribution in [1.82, 2.24) is 20.2 Å². The minimum atomic E-state index is -0.592. The van der Waals surface area contributed by atoms with Crippen molar-refractivity contribution in [3.05, 3.63) is 84.6 Å². The van der Waals surface area contributed by atoms with Crippen molar-refractivity contribution in [2.24, 2.45) is 0 Å². The number of tetrazole rings is 1. The van der Waals surface area contributed by atoms with Crippen LogP contribution < -0.4 is 5.32 Å². The van der Waals surface area contributed by atoms with Crippen molar-refractivity contribution in [2.75, 3.05) is 5.32 Å². The van der Waals surface area contributed by atoms with Crippen LogP contribution in [0.3, 0.4) is 0 Å². The summed E-state index contributed by atoms with van der Waals surface area (Å²) in [5, 5.41) is 14.2. The zero-order chi connectivity index (χ0) is 19.3. The fraction of sp³-hybridized carbons (Fsp3) is 0. The highest BCUT2D eigenvalue weighted by Gasteiger charge is 2.20. The molecule has 2 heterocycles. The maximum absolute atomic E-state index is 14.0. The second-order valence-corrected chi connectivity index (χ2v) is 5.76. The largest absolute Gasteiger partial charge is 0.465 e. The smallest absolute Gasteiger partial charge is 0.274 e. The molecule has 4 aromatic rings. The summed E-state index contributed by atoms with van der Waals surface area (Å²) in [7, 11) is 0. The van der Waals surface area contributed by atoms with Crippen LogP contribution in [0.5, 0.6) is 0 Å². The van der Waals surface area contributed by atoms with E-state index in [9.17, 15) is 9.18 Å². The summed E-state index contributed by atoms with van der Waals surface area (Å²) < 4.78 is 20.6. The Morgan fingerprint density at radius 1 is 1.04 bits per heavy atom. The number of anilines is 1. The first-order valence-corrected chi connectivity index (χ1v) is 8.37. The maximum atomic E-state index is 14.0. The molecule has 1 amide bonds. The van der Waals surface area contributed by atoms with Crippen molar-refractivity contribution in [2.45, 2.75) is 0 Å². The molecular weight excluding hydrogens is 361 g/mol. The van der Waals surface area contributed by atoms with Gasteiger partial charge in [0.1, 0.15) is 17.3 Å². The third kappa shape index (κ3) is 3.56. The molecule has 4 rings (SSSR count). The van der Waals surface area contributed by atoms with Crippen molar-refractivity contribution in [3.63, 3.8) is 0 Å². The molecule has 0 unspecified atom stereocenters. The van der Waals surface area contributed by atoms with E-state index in [0.29, 0.717) is 11.6 Å². The first-order chi connectivity index (χ1) is 13.7. The molecule has 1 N–H and O–H groups in total. The Hall–Kier alpha value is -4.07. The summed E-state index contributed by atoms with van der Waals surface area (Å²) in [4.78, 5) is 13.0. The van der Waals surface area contributed by atoms with Crippen LogP contribution in [0, 0.1) is 5.82 Å². The zero-order valence-corrected chi connectivity index (χ0v) is 14.5. The minimum absolute atomic E-state index is 0.0483. The van der Waals surface area contributed by atoms with Gasteiger partial charge in [0.05, 0.1) is 12.0 Å². The number of furan rings is 1. The lowest BCUT2D eigenvalue weighted by atomic mass is 10.2. The Bertz CT molecular complexity index is 1120. The van der Waals surface area contributed by atoms with Gasteiger partial charge < -0.3 is 9.73 Å². The molecule has 0 radical (unpaired) electrons. The summed E-state index contributed by atoms with van der Waals surface area (Å²) in [6.07, 6.45) is 2.97. The summed E-state index contributed by atoms with van der Waals surface area (Å²) in [5.74, 6) is -0.352. The molecule has 2 aromatic heterocycles. The van der Waals surface area contributed by atoms with Gasteiger partial charge in [0.2, 0.25) is 0 Å². The fourth-order valence-electron chi connectivity index (χ4n) is 2.60. The van der Waals surface area contributed by atoms with Gasteiger partial charge in [0.25, 0.3) is 5.91 Å². The maximum Gasteiger partial charge on any atom is 0.274 e. The Kier molecular flexibility index (Phi) is 4.75. The lowest BCUT2D eigenvalue weighted by Gasteiger charge is -2.11. The molecule has 2 aromatic carbocycles. The molecular formula is C20H14FN5O2. The summed E-state index contributed by atoms with van der Waals surface area (Å²) in [6.45, 7) is 0. The first kappa shape index (κ1) is 17.3. The zero-order valence-electron chi connectivity index (χ0n) is 14.5. The van der Waals surface area contributed by atoms with Crippen LogP contribution in [0.1, 0.15) is 5.76 Å². The number of rotatable bonds is 5. The van der Waals surface area contributed by atoms with E-state index >= 15 is 0 Å². The van der Waals surface area contributed by atoms with E-state index in [1.54, 1.807) is 24.3 Å². The van der Waals surface area contributed by atoms with Crippen LogP contribution in [0.2, 0.25) is 0 Å². The highest BCUT2D eigenvalue weighted by Crippen LogP contribution is 2.22. The van der Waals surface area contributed by atoms with E-state index in [-0.39, 0.29) is 11.4 Å². The average Bonchev–Trinajstić information content (AvgIpc) is 3.40. The number of hydrogen-bond donors (Lipinski definition) is 1. The van der Waals surface area contributed by atoms with Crippen LogP contribution >= 0.6 is 0 Å². The number of hydrogen-bond acceptors (Lipinski definition) is 5. The van der Waals surface area contributed by atoms with E-state index in [4.69, 9.17) is 4.42 Å². The predicted molar refractivity (Wildman–Crippen MR) is 101 cm³/mol. The van der Waals surface area contributed by atoms with E-state index < -0.39 is 11.7 Å². The third-order valence-electron chi connectivity index (χ3n) is 3.91. The molecule has 0 saturated carbocycles. The SMILES string of the molecule is O=C(Nc1ccccc1F)C(=Cc1ccco1)n1nnnc1-c1ccccc1. The molecule has 0 bridgehead atoms. The lowest BCUT2D eigenvalue weighted by molar-refractivity contribution is -0.111. The van der Waals surface area contributed by atoms with Crippen LogP contribution in [0.4, 0.5) is 10.1 Å². The molecule has 0 atom stereocenters. The molecule has 0 saturated heterocycles. The second-order valence-electron chi connectivity index (χ2n) is 5.76. The van der Waals surface area contributed by atoms with Gasteiger partial charge in [-0.3, -0.25) is 4.79 Å². The van der Waals surface area contributed by atoms with Gasteiger partial charge in [-0.25, -0.2) is 4.39 Å². The number of benzene rings is 2. The molecule has 0 aliphatic heterocycles. The number of para-hydroxylation sites is 1. The Morgan fingerprint density at radius 2 is 1.82 bits per heavy atom. The van der Waals surface area contributed by atoms with Crippen LogP contribution in [-0.2, 0) is 4.79 Å². The molecule has 28 heavy (non-hydrogen) atoms. The molecule has 0 spiro atoms. The number of amides is 1. The number of aromatic nitrogens is 4. The monoisotopic (exact) mass is 375 g/mol.